The number of nitrogens with zero attached hydrogens (tertiary/aromatic N) is 1. The third-order valence-electron chi connectivity index (χ3n) is 5.65. The van der Waals surface area contributed by atoms with Crippen LogP contribution in [0.1, 0.15) is 109 Å². The van der Waals surface area contributed by atoms with Crippen LogP contribution in [0.2, 0.25) is 0 Å². The average molecular weight is 405 g/mol. The molecule has 0 saturated carbocycles. The fourth-order valence-electron chi connectivity index (χ4n) is 3.76. The lowest BCUT2D eigenvalue weighted by molar-refractivity contribution is 0.203. The summed E-state index contributed by atoms with van der Waals surface area (Å²) in [6, 6.07) is 6.57. The molecule has 4 heteroatoms. The summed E-state index contributed by atoms with van der Waals surface area (Å²) in [7, 11) is 0. The lowest BCUT2D eigenvalue weighted by atomic mass is 10.0. The Hall–Kier alpha value is -1.71. The van der Waals surface area contributed by atoms with Crippen molar-refractivity contribution in [2.75, 3.05) is 6.54 Å². The Labute approximate surface area is 178 Å². The third-order valence-corrected chi connectivity index (χ3v) is 5.65. The monoisotopic (exact) mass is 404 g/mol. The second kappa shape index (κ2) is 17.2. The third kappa shape index (κ3) is 14.0. The number of rotatable bonds is 18. The summed E-state index contributed by atoms with van der Waals surface area (Å²) in [5, 5.41) is 9.35. The minimum Gasteiger partial charge on any atom is -0.508 e. The van der Waals surface area contributed by atoms with Gasteiger partial charge in [0.1, 0.15) is 5.75 Å². The maximum Gasteiger partial charge on any atom is 0.315 e. The summed E-state index contributed by atoms with van der Waals surface area (Å²) < 4.78 is 0. The average Bonchev–Trinajstić information content (AvgIpc) is 2.71. The van der Waals surface area contributed by atoms with E-state index in [4.69, 9.17) is 5.73 Å². The van der Waals surface area contributed by atoms with E-state index in [9.17, 15) is 9.90 Å². The standard InChI is InChI=1S/C25H44N2O2/c1-2-3-4-5-6-7-8-9-10-11-12-13-14-15-16-21-27(25(26)29)22-23-17-19-24(28)20-18-23/h17-20,28H,2-16,21-22H2,1H3,(H2,26,29). The van der Waals surface area contributed by atoms with Crippen LogP contribution in [-0.4, -0.2) is 22.6 Å². The van der Waals surface area contributed by atoms with Crippen molar-refractivity contribution in [3.8, 4) is 5.75 Å². The van der Waals surface area contributed by atoms with Gasteiger partial charge >= 0.3 is 6.03 Å². The molecule has 29 heavy (non-hydrogen) atoms. The van der Waals surface area contributed by atoms with E-state index in [-0.39, 0.29) is 11.8 Å². The minimum absolute atomic E-state index is 0.238. The molecule has 0 aliphatic heterocycles. The van der Waals surface area contributed by atoms with Crippen LogP contribution in [0.3, 0.4) is 0 Å². The van der Waals surface area contributed by atoms with Crippen LogP contribution in [0, 0.1) is 0 Å². The number of phenols is 1. The highest BCUT2D eigenvalue weighted by molar-refractivity contribution is 5.72. The minimum atomic E-state index is -0.372. The number of benzene rings is 1. The Balaban J connectivity index is 1.94. The molecule has 1 aromatic carbocycles. The van der Waals surface area contributed by atoms with E-state index in [0.29, 0.717) is 13.1 Å². The first-order valence-corrected chi connectivity index (χ1v) is 12.0. The largest absolute Gasteiger partial charge is 0.508 e. The quantitative estimate of drug-likeness (QED) is 0.255. The van der Waals surface area contributed by atoms with Crippen molar-refractivity contribution in [3.05, 3.63) is 29.8 Å². The summed E-state index contributed by atoms with van der Waals surface area (Å²) in [5.74, 6) is 0.238. The van der Waals surface area contributed by atoms with Crippen LogP contribution in [-0.2, 0) is 6.54 Å². The number of phenolic OH excluding ortho intramolecular Hbond substituents is 1. The number of primary amides is 1. The molecule has 3 N–H and O–H groups in total. The number of amides is 2. The van der Waals surface area contributed by atoms with Crippen molar-refractivity contribution in [2.45, 2.75) is 110 Å². The zero-order valence-corrected chi connectivity index (χ0v) is 18.7. The van der Waals surface area contributed by atoms with Crippen LogP contribution in [0.15, 0.2) is 24.3 Å². The summed E-state index contributed by atoms with van der Waals surface area (Å²) in [4.78, 5) is 13.3. The highest BCUT2D eigenvalue weighted by Crippen LogP contribution is 2.15. The fourth-order valence-corrected chi connectivity index (χ4v) is 3.76. The zero-order valence-electron chi connectivity index (χ0n) is 18.7. The Morgan fingerprint density at radius 2 is 1.17 bits per heavy atom. The fraction of sp³-hybridized carbons (Fsp3) is 0.720. The van der Waals surface area contributed by atoms with E-state index >= 15 is 0 Å². The highest BCUT2D eigenvalue weighted by atomic mass is 16.3. The van der Waals surface area contributed by atoms with Crippen LogP contribution in [0.25, 0.3) is 0 Å². The molecular weight excluding hydrogens is 360 g/mol. The van der Waals surface area contributed by atoms with Gasteiger partial charge in [0.2, 0.25) is 0 Å². The Morgan fingerprint density at radius 3 is 1.59 bits per heavy atom. The Kier molecular flexibility index (Phi) is 15.0. The molecule has 0 bridgehead atoms. The maximum atomic E-state index is 11.6. The lowest BCUT2D eigenvalue weighted by Gasteiger charge is -2.20. The highest BCUT2D eigenvalue weighted by Gasteiger charge is 2.09. The molecule has 0 unspecified atom stereocenters. The number of aromatic hydroxyl groups is 1. The van der Waals surface area contributed by atoms with Crippen molar-refractivity contribution < 1.29 is 9.90 Å². The summed E-state index contributed by atoms with van der Waals surface area (Å²) >= 11 is 0. The molecule has 4 nitrogen and oxygen atoms in total. The van der Waals surface area contributed by atoms with Crippen molar-refractivity contribution in [1.29, 1.82) is 0 Å². The smallest absolute Gasteiger partial charge is 0.315 e. The topological polar surface area (TPSA) is 66.6 Å². The molecule has 2 amide bonds. The van der Waals surface area contributed by atoms with Gasteiger partial charge < -0.3 is 15.7 Å². The van der Waals surface area contributed by atoms with Crippen LogP contribution >= 0.6 is 0 Å². The van der Waals surface area contributed by atoms with Crippen molar-refractivity contribution in [1.82, 2.24) is 4.90 Å². The van der Waals surface area contributed by atoms with Gasteiger partial charge in [-0.15, -0.1) is 0 Å². The Morgan fingerprint density at radius 1 is 0.759 bits per heavy atom. The summed E-state index contributed by atoms with van der Waals surface area (Å²) in [6.45, 7) is 3.48. The number of urea groups is 1. The number of unbranched alkanes of at least 4 members (excludes halogenated alkanes) is 14. The molecule has 0 aliphatic carbocycles. The normalized spacial score (nSPS) is 10.9. The van der Waals surface area contributed by atoms with Gasteiger partial charge in [-0.2, -0.15) is 0 Å². The molecule has 1 aromatic rings. The number of hydrogen-bond donors (Lipinski definition) is 2. The molecule has 0 aromatic heterocycles. The molecule has 0 atom stereocenters. The first-order valence-electron chi connectivity index (χ1n) is 12.0. The predicted octanol–water partition coefficient (Wildman–Crippen LogP) is 7.14. The number of nitrogens with two attached hydrogens (primary N) is 1. The van der Waals surface area contributed by atoms with Gasteiger partial charge in [0.25, 0.3) is 0 Å². The number of carbonyl (C=O) groups excluding carboxylic acids is 1. The molecule has 1 rings (SSSR count). The first-order chi connectivity index (χ1) is 14.1. The molecular formula is C25H44N2O2. The Bertz CT molecular complexity index is 516. The van der Waals surface area contributed by atoms with E-state index < -0.39 is 0 Å². The predicted molar refractivity (Wildman–Crippen MR) is 123 cm³/mol. The SMILES string of the molecule is CCCCCCCCCCCCCCCCCN(Cc1ccc(O)cc1)C(N)=O. The van der Waals surface area contributed by atoms with Gasteiger partial charge in [0.05, 0.1) is 0 Å². The van der Waals surface area contributed by atoms with Crippen molar-refractivity contribution in [2.24, 2.45) is 5.73 Å². The molecule has 0 spiro atoms. The second-order valence-corrected chi connectivity index (χ2v) is 8.38. The van der Waals surface area contributed by atoms with E-state index in [1.54, 1.807) is 17.0 Å². The van der Waals surface area contributed by atoms with E-state index in [0.717, 1.165) is 18.4 Å². The molecule has 0 aliphatic rings. The summed E-state index contributed by atoms with van der Waals surface area (Å²) in [6.07, 6.45) is 20.0. The van der Waals surface area contributed by atoms with Crippen LogP contribution in [0.5, 0.6) is 5.75 Å². The first kappa shape index (κ1) is 25.3. The van der Waals surface area contributed by atoms with E-state index in [2.05, 4.69) is 6.92 Å². The van der Waals surface area contributed by atoms with Crippen molar-refractivity contribution >= 4 is 6.03 Å². The van der Waals surface area contributed by atoms with Gasteiger partial charge in [0, 0.05) is 13.1 Å². The van der Waals surface area contributed by atoms with Gasteiger partial charge in [-0.05, 0) is 24.1 Å². The van der Waals surface area contributed by atoms with E-state index in [1.807, 2.05) is 12.1 Å². The van der Waals surface area contributed by atoms with Crippen LogP contribution in [0.4, 0.5) is 4.79 Å². The molecule has 166 valence electrons. The van der Waals surface area contributed by atoms with Crippen LogP contribution < -0.4 is 5.73 Å². The molecule has 0 radical (unpaired) electrons. The molecule has 0 fully saturated rings. The van der Waals surface area contributed by atoms with Crippen molar-refractivity contribution in [3.63, 3.8) is 0 Å². The van der Waals surface area contributed by atoms with E-state index in [1.165, 1.54) is 83.5 Å². The zero-order chi connectivity index (χ0) is 21.2. The van der Waals surface area contributed by atoms with Gasteiger partial charge in [0.15, 0.2) is 0 Å². The maximum absolute atomic E-state index is 11.6. The summed E-state index contributed by atoms with van der Waals surface area (Å²) in [5.41, 5.74) is 6.50. The lowest BCUT2D eigenvalue weighted by Crippen LogP contribution is -2.35. The molecule has 0 heterocycles. The van der Waals surface area contributed by atoms with Gasteiger partial charge in [-0.3, -0.25) is 0 Å². The molecule has 0 saturated heterocycles. The van der Waals surface area contributed by atoms with Gasteiger partial charge in [-0.25, -0.2) is 4.79 Å². The second-order valence-electron chi connectivity index (χ2n) is 8.38. The number of hydrogen-bond acceptors (Lipinski definition) is 2. The number of carbonyl (C=O) groups is 1. The van der Waals surface area contributed by atoms with Gasteiger partial charge in [-0.1, -0.05) is 109 Å².